The maximum atomic E-state index is 11.6. The summed E-state index contributed by atoms with van der Waals surface area (Å²) in [5, 5.41) is 8.33. The average molecular weight is 359 g/mol. The Labute approximate surface area is 148 Å². The average Bonchev–Trinajstić information content (AvgIpc) is 2.52. The van der Waals surface area contributed by atoms with Gasteiger partial charge in [0, 0.05) is 45.3 Å². The smallest absolute Gasteiger partial charge is 0.230 e. The van der Waals surface area contributed by atoms with Gasteiger partial charge in [0.15, 0.2) is 0 Å². The lowest BCUT2D eigenvalue weighted by atomic mass is 10.2. The van der Waals surface area contributed by atoms with E-state index in [1.807, 2.05) is 13.8 Å². The van der Waals surface area contributed by atoms with Crippen molar-refractivity contribution in [3.63, 3.8) is 0 Å². The number of hydrogen-bond acceptors (Lipinski definition) is 5. The monoisotopic (exact) mass is 359 g/mol. The molecule has 0 rings (SSSR count). The van der Waals surface area contributed by atoms with Crippen LogP contribution in [-0.2, 0) is 19.2 Å². The van der Waals surface area contributed by atoms with Crippen LogP contribution in [0.15, 0.2) is 0 Å². The van der Waals surface area contributed by atoms with E-state index in [4.69, 9.17) is 0 Å². The number of carbonyl (C=O) groups excluding carboxylic acids is 4. The van der Waals surface area contributed by atoms with Crippen LogP contribution >= 0.6 is 11.8 Å². The summed E-state index contributed by atoms with van der Waals surface area (Å²) >= 11 is 1.55. The summed E-state index contributed by atoms with van der Waals surface area (Å²) in [4.78, 5) is 45.6. The number of Topliss-reactive ketones (excluding diaryl/α,β-unsaturated/α-hetero) is 1. The third-order valence-corrected chi connectivity index (χ3v) is 4.11. The Kier molecular flexibility index (Phi) is 12.9. The Morgan fingerprint density at radius 3 is 1.71 bits per heavy atom. The molecule has 0 aliphatic carbocycles. The van der Waals surface area contributed by atoms with E-state index < -0.39 is 0 Å². The summed E-state index contributed by atoms with van der Waals surface area (Å²) in [6.45, 7) is 6.68. The minimum atomic E-state index is -0.208. The number of ketones is 1. The number of thioether (sulfide) groups is 1. The highest BCUT2D eigenvalue weighted by Crippen LogP contribution is 2.07. The molecule has 138 valence electrons. The predicted molar refractivity (Wildman–Crippen MR) is 95.8 cm³/mol. The first-order chi connectivity index (χ1) is 11.3. The molecule has 0 aromatic carbocycles. The fraction of sp³-hybridized carbons (Fsp3) is 0.750. The molecular formula is C16H29N3O4S. The molecule has 0 aromatic rings. The van der Waals surface area contributed by atoms with E-state index in [0.29, 0.717) is 30.4 Å². The Bertz CT molecular complexity index is 428. The maximum Gasteiger partial charge on any atom is 0.230 e. The van der Waals surface area contributed by atoms with Gasteiger partial charge in [-0.05, 0) is 5.25 Å². The zero-order chi connectivity index (χ0) is 18.4. The summed E-state index contributed by atoms with van der Waals surface area (Å²) < 4.78 is 0. The molecule has 0 atom stereocenters. The predicted octanol–water partition coefficient (Wildman–Crippen LogP) is 0.626. The van der Waals surface area contributed by atoms with Crippen molar-refractivity contribution < 1.29 is 19.2 Å². The molecule has 0 radical (unpaired) electrons. The van der Waals surface area contributed by atoms with Crippen molar-refractivity contribution in [2.24, 2.45) is 0 Å². The van der Waals surface area contributed by atoms with Gasteiger partial charge in [0.1, 0.15) is 5.78 Å². The molecule has 0 aromatic heterocycles. The Morgan fingerprint density at radius 2 is 1.25 bits per heavy atom. The molecule has 3 N–H and O–H groups in total. The van der Waals surface area contributed by atoms with Crippen LogP contribution in [0.2, 0.25) is 0 Å². The van der Waals surface area contributed by atoms with Gasteiger partial charge < -0.3 is 16.0 Å². The van der Waals surface area contributed by atoms with Crippen LogP contribution in [-0.4, -0.2) is 54.1 Å². The van der Waals surface area contributed by atoms with Crippen LogP contribution < -0.4 is 16.0 Å². The quantitative estimate of drug-likeness (QED) is 0.447. The molecule has 0 bridgehead atoms. The topological polar surface area (TPSA) is 104 Å². The summed E-state index contributed by atoms with van der Waals surface area (Å²) in [6.07, 6.45) is 1.16. The summed E-state index contributed by atoms with van der Waals surface area (Å²) in [5.41, 5.74) is 0. The minimum absolute atomic E-state index is 0.0810. The van der Waals surface area contributed by atoms with Gasteiger partial charge in [0.25, 0.3) is 0 Å². The number of hydrogen-bond donors (Lipinski definition) is 3. The molecule has 3 amide bonds. The normalized spacial score (nSPS) is 10.3. The summed E-state index contributed by atoms with van der Waals surface area (Å²) in [5.74, 6) is 0.0129. The van der Waals surface area contributed by atoms with Gasteiger partial charge in [-0.3, -0.25) is 19.2 Å². The lowest BCUT2D eigenvalue weighted by Gasteiger charge is -2.08. The molecule has 8 heteroatoms. The fourth-order valence-electron chi connectivity index (χ4n) is 1.62. The van der Waals surface area contributed by atoms with Crippen LogP contribution in [0.5, 0.6) is 0 Å². The van der Waals surface area contributed by atoms with E-state index in [0.717, 1.165) is 0 Å². The molecule has 7 nitrogen and oxygen atoms in total. The van der Waals surface area contributed by atoms with Crippen LogP contribution in [0.1, 0.15) is 46.5 Å². The summed E-state index contributed by atoms with van der Waals surface area (Å²) in [7, 11) is 0. The van der Waals surface area contributed by atoms with Crippen LogP contribution in [0.25, 0.3) is 0 Å². The van der Waals surface area contributed by atoms with Gasteiger partial charge in [-0.15, -0.1) is 11.8 Å². The molecule has 0 unspecified atom stereocenters. The van der Waals surface area contributed by atoms with Crippen molar-refractivity contribution in [3.8, 4) is 0 Å². The van der Waals surface area contributed by atoms with Gasteiger partial charge >= 0.3 is 0 Å². The van der Waals surface area contributed by atoms with E-state index in [1.165, 1.54) is 0 Å². The molecular weight excluding hydrogens is 330 g/mol. The van der Waals surface area contributed by atoms with Gasteiger partial charge in [0.2, 0.25) is 17.7 Å². The second-order valence-corrected chi connectivity index (χ2v) is 7.12. The molecule has 0 aliphatic rings. The highest BCUT2D eigenvalue weighted by molar-refractivity contribution is 8.00. The second kappa shape index (κ2) is 13.8. The largest absolute Gasteiger partial charge is 0.356 e. The molecule has 0 saturated carbocycles. The molecule has 0 saturated heterocycles. The van der Waals surface area contributed by atoms with Crippen molar-refractivity contribution >= 4 is 35.3 Å². The van der Waals surface area contributed by atoms with E-state index in [2.05, 4.69) is 16.0 Å². The van der Waals surface area contributed by atoms with E-state index in [1.54, 1.807) is 18.7 Å². The third-order valence-electron chi connectivity index (χ3n) is 3.02. The van der Waals surface area contributed by atoms with Crippen LogP contribution in [0.3, 0.4) is 0 Å². The van der Waals surface area contributed by atoms with E-state index in [9.17, 15) is 19.2 Å². The van der Waals surface area contributed by atoms with Gasteiger partial charge in [-0.25, -0.2) is 0 Å². The zero-order valence-corrected chi connectivity index (χ0v) is 15.6. The molecule has 0 spiro atoms. The highest BCUT2D eigenvalue weighted by atomic mass is 32.2. The van der Waals surface area contributed by atoms with Crippen LogP contribution in [0.4, 0.5) is 0 Å². The van der Waals surface area contributed by atoms with E-state index >= 15 is 0 Å². The van der Waals surface area contributed by atoms with Gasteiger partial charge in [0.05, 0.1) is 5.75 Å². The Balaban J connectivity index is 3.60. The fourth-order valence-corrected chi connectivity index (χ4v) is 2.21. The lowest BCUT2D eigenvalue weighted by molar-refractivity contribution is -0.122. The summed E-state index contributed by atoms with van der Waals surface area (Å²) in [6, 6.07) is 0. The first-order valence-corrected chi connectivity index (χ1v) is 9.33. The minimum Gasteiger partial charge on any atom is -0.356 e. The van der Waals surface area contributed by atoms with Crippen molar-refractivity contribution in [1.82, 2.24) is 16.0 Å². The number of rotatable bonds is 13. The molecule has 0 aliphatic heterocycles. The highest BCUT2D eigenvalue weighted by Gasteiger charge is 2.07. The van der Waals surface area contributed by atoms with E-state index in [-0.39, 0.29) is 49.4 Å². The number of amides is 3. The molecule has 0 heterocycles. The lowest BCUT2D eigenvalue weighted by Crippen LogP contribution is -2.34. The van der Waals surface area contributed by atoms with Crippen molar-refractivity contribution in [2.75, 3.05) is 25.4 Å². The van der Waals surface area contributed by atoms with Crippen molar-refractivity contribution in [3.05, 3.63) is 0 Å². The van der Waals surface area contributed by atoms with Crippen LogP contribution in [0, 0.1) is 0 Å². The number of carbonyl (C=O) groups is 4. The standard InChI is InChI=1S/C16H29N3O4S/c1-4-13(20)5-8-17-14(21)6-9-18-15(22)7-10-19-16(23)11-24-12(2)3/h12H,4-11H2,1-3H3,(H,17,21)(H,18,22)(H,19,23). The van der Waals surface area contributed by atoms with Gasteiger partial charge in [-0.2, -0.15) is 0 Å². The Morgan fingerprint density at radius 1 is 0.792 bits per heavy atom. The van der Waals surface area contributed by atoms with Crippen molar-refractivity contribution in [1.29, 1.82) is 0 Å². The van der Waals surface area contributed by atoms with Crippen molar-refractivity contribution in [2.45, 2.75) is 51.7 Å². The molecule has 0 fully saturated rings. The SMILES string of the molecule is CCC(=O)CCNC(=O)CCNC(=O)CCNC(=O)CSC(C)C. The molecule has 24 heavy (non-hydrogen) atoms. The zero-order valence-electron chi connectivity index (χ0n) is 14.8. The third kappa shape index (κ3) is 14.0. The Hall–Kier alpha value is -1.57. The maximum absolute atomic E-state index is 11.6. The first-order valence-electron chi connectivity index (χ1n) is 8.28. The van der Waals surface area contributed by atoms with Gasteiger partial charge in [-0.1, -0.05) is 20.8 Å². The number of nitrogens with one attached hydrogen (secondary N) is 3. The first kappa shape index (κ1) is 22.4. The second-order valence-electron chi connectivity index (χ2n) is 5.55.